The van der Waals surface area contributed by atoms with Crippen LogP contribution in [0.3, 0.4) is 0 Å². The number of aliphatic carboxylic acids is 1. The largest absolute Gasteiger partial charge is 0.481 e. The summed E-state index contributed by atoms with van der Waals surface area (Å²) in [5.41, 5.74) is 8.83. The van der Waals surface area contributed by atoms with E-state index in [4.69, 9.17) is 5.73 Å². The summed E-state index contributed by atoms with van der Waals surface area (Å²) >= 11 is 0. The molecule has 0 aliphatic carbocycles. The Morgan fingerprint density at radius 1 is 0.429 bits per heavy atom. The van der Waals surface area contributed by atoms with Crippen LogP contribution in [0.5, 0.6) is 0 Å². The standard InChI is InChI=1S/C46H63N7O10/c1-30(48-42(58)23-35(47)20-32-12-6-3-7-13-32)18-40(56)52-38(28-54)25-44(60)50-36(21-33-14-8-4-9-15-33)24-43(59)49-31(2)19-41(57)53-39(29-55)26-45(61)51-37(27-46(62)63)22-34-16-10-5-11-17-34/h3-17,30-31,35-39,54-55H,18-29,47H2,1-2H3,(H,48,58)(H,49,59)(H,50,60)(H,51,61)(H,52,56)(H,53,57)(H,62,63)/t30-,31-,35-,36-,37-,38+,39+/m0/s1. The van der Waals surface area contributed by atoms with Gasteiger partial charge in [0.15, 0.2) is 0 Å². The van der Waals surface area contributed by atoms with Crippen molar-refractivity contribution in [3.8, 4) is 0 Å². The van der Waals surface area contributed by atoms with Gasteiger partial charge in [0.05, 0.1) is 31.7 Å². The van der Waals surface area contributed by atoms with Crippen molar-refractivity contribution in [3.05, 3.63) is 108 Å². The number of carbonyl (C=O) groups excluding carboxylic acids is 6. The van der Waals surface area contributed by atoms with E-state index in [9.17, 15) is 48.9 Å². The molecule has 0 bridgehead atoms. The summed E-state index contributed by atoms with van der Waals surface area (Å²) in [7, 11) is 0. The van der Waals surface area contributed by atoms with Crippen molar-refractivity contribution in [1.82, 2.24) is 31.9 Å². The number of hydrogen-bond acceptors (Lipinski definition) is 10. The maximum absolute atomic E-state index is 13.2. The Hall–Kier alpha value is -6.17. The second-order valence-electron chi connectivity index (χ2n) is 16.0. The summed E-state index contributed by atoms with van der Waals surface area (Å²) in [6, 6.07) is 22.8. The van der Waals surface area contributed by atoms with Crippen LogP contribution in [-0.4, -0.2) is 112 Å². The molecule has 0 heterocycles. The van der Waals surface area contributed by atoms with Crippen LogP contribution in [-0.2, 0) is 52.8 Å². The first-order valence-corrected chi connectivity index (χ1v) is 21.2. The van der Waals surface area contributed by atoms with Gasteiger partial charge < -0.3 is 53.0 Å². The predicted molar refractivity (Wildman–Crippen MR) is 235 cm³/mol. The number of carbonyl (C=O) groups is 7. The average molecular weight is 874 g/mol. The molecule has 0 aromatic heterocycles. The van der Waals surface area contributed by atoms with E-state index in [0.29, 0.717) is 6.42 Å². The highest BCUT2D eigenvalue weighted by molar-refractivity contribution is 5.84. The van der Waals surface area contributed by atoms with Gasteiger partial charge >= 0.3 is 5.97 Å². The fraction of sp³-hybridized carbons (Fsp3) is 0.457. The third-order valence-corrected chi connectivity index (χ3v) is 9.85. The van der Waals surface area contributed by atoms with Gasteiger partial charge in [0.2, 0.25) is 35.4 Å². The lowest BCUT2D eigenvalue weighted by molar-refractivity contribution is -0.138. The first-order chi connectivity index (χ1) is 30.1. The Morgan fingerprint density at radius 2 is 0.730 bits per heavy atom. The number of hydrogen-bond donors (Lipinski definition) is 10. The van der Waals surface area contributed by atoms with Crippen LogP contribution in [0, 0.1) is 0 Å². The lowest BCUT2D eigenvalue weighted by Gasteiger charge is -2.23. The van der Waals surface area contributed by atoms with Gasteiger partial charge in [-0.05, 0) is 49.8 Å². The van der Waals surface area contributed by atoms with Gasteiger partial charge in [-0.25, -0.2) is 0 Å². The molecule has 17 heteroatoms. The van der Waals surface area contributed by atoms with E-state index in [1.807, 2.05) is 78.9 Å². The molecule has 342 valence electrons. The number of carboxylic acid groups (broad SMARTS) is 1. The second-order valence-corrected chi connectivity index (χ2v) is 16.0. The number of nitrogens with one attached hydrogen (secondary N) is 6. The highest BCUT2D eigenvalue weighted by Gasteiger charge is 2.25. The predicted octanol–water partition coefficient (Wildman–Crippen LogP) is 0.790. The van der Waals surface area contributed by atoms with Gasteiger partial charge in [0.25, 0.3) is 0 Å². The van der Waals surface area contributed by atoms with Crippen LogP contribution >= 0.6 is 0 Å². The Kier molecular flexibility index (Phi) is 22.5. The molecule has 0 fully saturated rings. The van der Waals surface area contributed by atoms with E-state index < -0.39 is 91.0 Å². The van der Waals surface area contributed by atoms with Gasteiger partial charge in [-0.1, -0.05) is 91.0 Å². The minimum absolute atomic E-state index is 0.0692. The smallest absolute Gasteiger partial charge is 0.305 e. The van der Waals surface area contributed by atoms with Gasteiger partial charge in [0, 0.05) is 68.7 Å². The molecule has 3 aromatic rings. The highest BCUT2D eigenvalue weighted by atomic mass is 16.4. The van der Waals surface area contributed by atoms with E-state index in [2.05, 4.69) is 31.9 Å². The number of carboxylic acids is 1. The molecule has 0 aliphatic rings. The lowest BCUT2D eigenvalue weighted by Crippen LogP contribution is -2.47. The zero-order valence-electron chi connectivity index (χ0n) is 36.0. The van der Waals surface area contributed by atoms with Gasteiger partial charge in [-0.3, -0.25) is 33.6 Å². The third-order valence-electron chi connectivity index (χ3n) is 9.85. The zero-order valence-corrected chi connectivity index (χ0v) is 36.0. The molecule has 0 saturated heterocycles. The number of nitrogens with two attached hydrogens (primary N) is 1. The number of aliphatic hydroxyl groups is 2. The molecular formula is C46H63N7O10. The minimum atomic E-state index is -1.09. The van der Waals surface area contributed by atoms with Crippen LogP contribution in [0.2, 0.25) is 0 Å². The molecule has 3 aromatic carbocycles. The number of amides is 6. The fourth-order valence-electron chi connectivity index (χ4n) is 7.05. The van der Waals surface area contributed by atoms with E-state index in [-0.39, 0.29) is 63.7 Å². The normalized spacial score (nSPS) is 14.3. The van der Waals surface area contributed by atoms with Crippen molar-refractivity contribution in [2.45, 2.75) is 120 Å². The molecule has 0 spiro atoms. The van der Waals surface area contributed by atoms with Crippen molar-refractivity contribution in [3.63, 3.8) is 0 Å². The van der Waals surface area contributed by atoms with Crippen LogP contribution in [0.25, 0.3) is 0 Å². The van der Waals surface area contributed by atoms with Crippen molar-refractivity contribution in [2.24, 2.45) is 5.73 Å². The van der Waals surface area contributed by atoms with Crippen LogP contribution in [0.4, 0.5) is 0 Å². The molecule has 0 saturated carbocycles. The van der Waals surface area contributed by atoms with Crippen molar-refractivity contribution in [2.75, 3.05) is 13.2 Å². The van der Waals surface area contributed by atoms with Gasteiger partial charge in [0.1, 0.15) is 0 Å². The molecule has 17 nitrogen and oxygen atoms in total. The summed E-state index contributed by atoms with van der Waals surface area (Å²) in [6.07, 6.45) is -0.253. The van der Waals surface area contributed by atoms with Crippen LogP contribution < -0.4 is 37.6 Å². The molecule has 0 aliphatic heterocycles. The third kappa shape index (κ3) is 22.0. The number of benzene rings is 3. The first kappa shape index (κ1) is 51.2. The zero-order chi connectivity index (χ0) is 46.1. The van der Waals surface area contributed by atoms with Gasteiger partial charge in [-0.15, -0.1) is 0 Å². The quantitative estimate of drug-likeness (QED) is 0.0487. The number of rotatable bonds is 28. The molecule has 0 radical (unpaired) electrons. The molecule has 7 atom stereocenters. The number of aliphatic hydroxyl groups excluding tert-OH is 2. The van der Waals surface area contributed by atoms with E-state index in [0.717, 1.165) is 16.7 Å². The van der Waals surface area contributed by atoms with Crippen LogP contribution in [0.15, 0.2) is 91.0 Å². The minimum Gasteiger partial charge on any atom is -0.481 e. The van der Waals surface area contributed by atoms with Crippen LogP contribution in [0.1, 0.15) is 75.5 Å². The maximum Gasteiger partial charge on any atom is 0.305 e. The molecule has 0 unspecified atom stereocenters. The van der Waals surface area contributed by atoms with Gasteiger partial charge in [-0.2, -0.15) is 0 Å². The van der Waals surface area contributed by atoms with E-state index >= 15 is 0 Å². The van der Waals surface area contributed by atoms with Crippen molar-refractivity contribution >= 4 is 41.4 Å². The summed E-state index contributed by atoms with van der Waals surface area (Å²) in [5.74, 6) is -3.99. The molecule has 11 N–H and O–H groups in total. The highest BCUT2D eigenvalue weighted by Crippen LogP contribution is 2.10. The summed E-state index contributed by atoms with van der Waals surface area (Å²) in [5, 5.41) is 45.5. The lowest BCUT2D eigenvalue weighted by atomic mass is 10.0. The van der Waals surface area contributed by atoms with E-state index in [1.165, 1.54) is 0 Å². The summed E-state index contributed by atoms with van der Waals surface area (Å²) < 4.78 is 0. The van der Waals surface area contributed by atoms with Crippen molar-refractivity contribution in [1.29, 1.82) is 0 Å². The first-order valence-electron chi connectivity index (χ1n) is 21.2. The van der Waals surface area contributed by atoms with Crippen molar-refractivity contribution < 1.29 is 48.9 Å². The summed E-state index contributed by atoms with van der Waals surface area (Å²) in [6.45, 7) is 2.16. The molecule has 3 rings (SSSR count). The summed E-state index contributed by atoms with van der Waals surface area (Å²) in [4.78, 5) is 89.0. The molecular weight excluding hydrogens is 811 g/mol. The topological polar surface area (TPSA) is 278 Å². The molecule has 6 amide bonds. The second kappa shape index (κ2) is 27.7. The fourth-order valence-corrected chi connectivity index (χ4v) is 7.05. The average Bonchev–Trinajstić information content (AvgIpc) is 3.20. The monoisotopic (exact) mass is 873 g/mol. The SMILES string of the molecule is C[C@@H](CC(=O)N[C@@H](CO)CC(=O)N[C@H](CC(=O)N[C@@H](C)CC(=O)N[C@@H](CO)CC(=O)N[C@H](CC(=O)O)Cc1ccccc1)Cc1ccccc1)NC(=O)C[C@@H](N)Cc1ccccc1. The Balaban J connectivity index is 1.47. The Morgan fingerprint density at radius 3 is 1.11 bits per heavy atom. The maximum atomic E-state index is 13.2. The Bertz CT molecular complexity index is 1900. The Labute approximate surface area is 368 Å². The van der Waals surface area contributed by atoms with E-state index in [1.54, 1.807) is 26.0 Å². The molecule has 63 heavy (non-hydrogen) atoms.